The van der Waals surface area contributed by atoms with Gasteiger partial charge >= 0.3 is 6.09 Å². The van der Waals surface area contributed by atoms with E-state index in [1.54, 1.807) is 25.4 Å². The van der Waals surface area contributed by atoms with Gasteiger partial charge in [-0.1, -0.05) is 0 Å². The fourth-order valence-electron chi connectivity index (χ4n) is 2.49. The molecule has 0 saturated carbocycles. The van der Waals surface area contributed by atoms with Crippen molar-refractivity contribution in [2.75, 3.05) is 20.3 Å². The predicted molar refractivity (Wildman–Crippen MR) is 111 cm³/mol. The molecule has 0 aliphatic heterocycles. The lowest BCUT2D eigenvalue weighted by Crippen LogP contribution is -2.42. The normalized spacial score (nSPS) is 11.1. The molecular weight excluding hydrogens is 390 g/mol. The summed E-state index contributed by atoms with van der Waals surface area (Å²) in [5, 5.41) is 5.64. The number of methoxy groups -OCH3 is 1. The Bertz CT molecular complexity index is 927. The van der Waals surface area contributed by atoms with Crippen molar-refractivity contribution >= 4 is 17.4 Å². The maximum atomic E-state index is 12.2. The summed E-state index contributed by atoms with van der Waals surface area (Å²) in [5.41, 5.74) is 1.03. The predicted octanol–water partition coefficient (Wildman–Crippen LogP) is 4.25. The van der Waals surface area contributed by atoms with Gasteiger partial charge in [0.25, 0.3) is 0 Å². The minimum Gasteiger partial charge on any atom is -0.491 e. The molecule has 0 spiro atoms. The monoisotopic (exact) mass is 413 g/mol. The molecule has 0 aliphatic rings. The van der Waals surface area contributed by atoms with Crippen molar-refractivity contribution in [3.8, 4) is 22.1 Å². The van der Waals surface area contributed by atoms with Crippen LogP contribution in [0.25, 0.3) is 10.6 Å². The number of pyridine rings is 1. The molecule has 8 heteroatoms. The van der Waals surface area contributed by atoms with Crippen LogP contribution in [0.15, 0.2) is 54.2 Å². The van der Waals surface area contributed by atoms with Gasteiger partial charge in [-0.05, 0) is 50.2 Å². The van der Waals surface area contributed by atoms with Crippen LogP contribution in [0.5, 0.6) is 11.5 Å². The zero-order valence-electron chi connectivity index (χ0n) is 16.5. The molecule has 1 amide bonds. The van der Waals surface area contributed by atoms with Crippen LogP contribution in [0.4, 0.5) is 4.79 Å². The lowest BCUT2D eigenvalue weighted by molar-refractivity contribution is 0.146. The van der Waals surface area contributed by atoms with E-state index in [1.165, 1.54) is 17.5 Å². The van der Waals surface area contributed by atoms with E-state index < -0.39 is 11.6 Å². The van der Waals surface area contributed by atoms with E-state index in [0.29, 0.717) is 19.0 Å². The number of aromatic nitrogens is 2. The van der Waals surface area contributed by atoms with Crippen LogP contribution in [0.3, 0.4) is 0 Å². The Hall–Kier alpha value is -2.97. The summed E-state index contributed by atoms with van der Waals surface area (Å²) in [5.74, 6) is 1.16. The second-order valence-electron chi connectivity index (χ2n) is 6.73. The number of amides is 1. The van der Waals surface area contributed by atoms with Crippen LogP contribution in [-0.4, -0.2) is 36.4 Å². The molecule has 1 aromatic carbocycles. The summed E-state index contributed by atoms with van der Waals surface area (Å²) < 4.78 is 15.8. The molecule has 0 unspecified atom stereocenters. The van der Waals surface area contributed by atoms with E-state index in [4.69, 9.17) is 19.2 Å². The summed E-state index contributed by atoms with van der Waals surface area (Å²) in [6, 6.07) is 11.1. The van der Waals surface area contributed by atoms with E-state index in [-0.39, 0.29) is 0 Å². The van der Waals surface area contributed by atoms with Crippen LogP contribution < -0.4 is 14.8 Å². The van der Waals surface area contributed by atoms with Crippen LogP contribution >= 0.6 is 11.3 Å². The van der Waals surface area contributed by atoms with Gasteiger partial charge in [-0.3, -0.25) is 4.98 Å². The van der Waals surface area contributed by atoms with Crippen molar-refractivity contribution < 1.29 is 19.0 Å². The molecule has 0 atom stereocenters. The molecule has 0 bridgehead atoms. The SMILES string of the molecule is COCCOc1ccc(-c2nc(C(C)(C)NC(=O)Oc3cccnc3)cs2)cc1. The third kappa shape index (κ3) is 5.75. The average molecular weight is 413 g/mol. The molecule has 2 heterocycles. The lowest BCUT2D eigenvalue weighted by atomic mass is 10.0. The second-order valence-corrected chi connectivity index (χ2v) is 7.59. The molecule has 2 aromatic heterocycles. The average Bonchev–Trinajstić information content (AvgIpc) is 3.20. The number of hydrogen-bond donors (Lipinski definition) is 1. The Kier molecular flexibility index (Phi) is 6.79. The lowest BCUT2D eigenvalue weighted by Gasteiger charge is -2.23. The molecule has 0 aliphatic carbocycles. The second kappa shape index (κ2) is 9.49. The van der Waals surface area contributed by atoms with Gasteiger partial charge in [-0.15, -0.1) is 11.3 Å². The number of carbonyl (C=O) groups excluding carboxylic acids is 1. The smallest absolute Gasteiger partial charge is 0.413 e. The standard InChI is InChI=1S/C21H23N3O4S/c1-21(2,24-20(25)28-17-5-4-10-22-13-17)18-14-29-19(23-18)15-6-8-16(9-7-15)27-12-11-26-3/h4-10,13-14H,11-12H2,1-3H3,(H,24,25). The largest absolute Gasteiger partial charge is 0.491 e. The highest BCUT2D eigenvalue weighted by Crippen LogP contribution is 2.30. The maximum Gasteiger partial charge on any atom is 0.413 e. The molecule has 1 N–H and O–H groups in total. The van der Waals surface area contributed by atoms with Crippen LogP contribution in [0.1, 0.15) is 19.5 Å². The number of rotatable bonds is 8. The Morgan fingerprint density at radius 2 is 1.93 bits per heavy atom. The summed E-state index contributed by atoms with van der Waals surface area (Å²) in [6.07, 6.45) is 2.54. The first-order valence-electron chi connectivity index (χ1n) is 9.06. The zero-order valence-corrected chi connectivity index (χ0v) is 17.4. The van der Waals surface area contributed by atoms with E-state index in [1.807, 2.05) is 43.5 Å². The first-order chi connectivity index (χ1) is 14.0. The van der Waals surface area contributed by atoms with Crippen molar-refractivity contribution in [1.82, 2.24) is 15.3 Å². The number of benzene rings is 1. The van der Waals surface area contributed by atoms with Gasteiger partial charge in [0, 0.05) is 24.3 Å². The van der Waals surface area contributed by atoms with Gasteiger partial charge in [-0.25, -0.2) is 9.78 Å². The van der Waals surface area contributed by atoms with Gasteiger partial charge < -0.3 is 19.5 Å². The molecule has 7 nitrogen and oxygen atoms in total. The maximum absolute atomic E-state index is 12.2. The number of hydrogen-bond acceptors (Lipinski definition) is 7. The van der Waals surface area contributed by atoms with Gasteiger partial charge in [0.05, 0.1) is 24.0 Å². The Morgan fingerprint density at radius 3 is 2.62 bits per heavy atom. The third-order valence-corrected chi connectivity index (χ3v) is 4.95. The molecule has 0 radical (unpaired) electrons. The van der Waals surface area contributed by atoms with Gasteiger partial charge in [0.1, 0.15) is 17.4 Å². The minimum atomic E-state index is -0.697. The van der Waals surface area contributed by atoms with Gasteiger partial charge in [0.15, 0.2) is 5.75 Å². The highest BCUT2D eigenvalue weighted by Gasteiger charge is 2.27. The molecule has 29 heavy (non-hydrogen) atoms. The number of nitrogens with one attached hydrogen (secondary N) is 1. The van der Waals surface area contributed by atoms with Crippen LogP contribution in [0, 0.1) is 0 Å². The van der Waals surface area contributed by atoms with E-state index in [2.05, 4.69) is 10.3 Å². The topological polar surface area (TPSA) is 82.6 Å². The van der Waals surface area contributed by atoms with Gasteiger partial charge in [0.2, 0.25) is 0 Å². The highest BCUT2D eigenvalue weighted by molar-refractivity contribution is 7.13. The van der Waals surface area contributed by atoms with Gasteiger partial charge in [-0.2, -0.15) is 0 Å². The molecule has 3 rings (SSSR count). The fraction of sp³-hybridized carbons (Fsp3) is 0.286. The first kappa shape index (κ1) is 20.8. The Labute approximate surface area is 173 Å². The van der Waals surface area contributed by atoms with E-state index >= 15 is 0 Å². The zero-order chi connectivity index (χ0) is 20.7. The summed E-state index contributed by atoms with van der Waals surface area (Å²) >= 11 is 1.51. The Morgan fingerprint density at radius 1 is 1.14 bits per heavy atom. The number of ether oxygens (including phenoxy) is 3. The van der Waals surface area contributed by atoms with Crippen molar-refractivity contribution in [3.05, 3.63) is 59.9 Å². The third-order valence-electron chi connectivity index (χ3n) is 4.06. The number of thiazole rings is 1. The number of nitrogens with zero attached hydrogens (tertiary/aromatic N) is 2. The number of carbonyl (C=O) groups is 1. The molecule has 152 valence electrons. The van der Waals surface area contributed by atoms with Crippen molar-refractivity contribution in [3.63, 3.8) is 0 Å². The quantitative estimate of drug-likeness (QED) is 0.556. The van der Waals surface area contributed by atoms with Crippen molar-refractivity contribution in [2.45, 2.75) is 19.4 Å². The highest BCUT2D eigenvalue weighted by atomic mass is 32.1. The summed E-state index contributed by atoms with van der Waals surface area (Å²) in [7, 11) is 1.64. The molecular formula is C21H23N3O4S. The van der Waals surface area contributed by atoms with Crippen LogP contribution in [-0.2, 0) is 10.3 Å². The van der Waals surface area contributed by atoms with Crippen LogP contribution in [0.2, 0.25) is 0 Å². The minimum absolute atomic E-state index is 0.382. The molecule has 3 aromatic rings. The van der Waals surface area contributed by atoms with E-state index in [9.17, 15) is 4.79 Å². The van der Waals surface area contributed by atoms with Crippen molar-refractivity contribution in [2.24, 2.45) is 0 Å². The Balaban J connectivity index is 1.64. The first-order valence-corrected chi connectivity index (χ1v) is 9.94. The molecule has 0 saturated heterocycles. The van der Waals surface area contributed by atoms with E-state index in [0.717, 1.165) is 22.0 Å². The summed E-state index contributed by atoms with van der Waals surface area (Å²) in [6.45, 7) is 4.81. The fourth-order valence-corrected chi connectivity index (χ4v) is 3.48. The molecule has 0 fully saturated rings. The van der Waals surface area contributed by atoms with Crippen molar-refractivity contribution in [1.29, 1.82) is 0 Å². The summed E-state index contributed by atoms with van der Waals surface area (Å²) in [4.78, 5) is 20.8.